The average molecular weight is 363 g/mol. The Balaban J connectivity index is 1.91. The minimum atomic E-state index is -0.397. The molecule has 1 atom stereocenters. The number of nitrogens with zero attached hydrogens (tertiary/aromatic N) is 1. The van der Waals surface area contributed by atoms with E-state index >= 15 is 0 Å². The summed E-state index contributed by atoms with van der Waals surface area (Å²) in [4.78, 5) is 12.9. The van der Waals surface area contributed by atoms with Crippen molar-refractivity contribution in [1.29, 1.82) is 0 Å². The van der Waals surface area contributed by atoms with Gasteiger partial charge in [0.15, 0.2) is 0 Å². The highest BCUT2D eigenvalue weighted by atomic mass is 35.5. The first-order chi connectivity index (χ1) is 12.0. The highest BCUT2D eigenvalue weighted by Gasteiger charge is 2.12. The lowest BCUT2D eigenvalue weighted by Gasteiger charge is -2.18. The van der Waals surface area contributed by atoms with Crippen LogP contribution in [0.2, 0.25) is 5.02 Å². The summed E-state index contributed by atoms with van der Waals surface area (Å²) in [6.45, 7) is 0.534. The van der Waals surface area contributed by atoms with Crippen molar-refractivity contribution in [3.05, 3.63) is 59.1 Å². The van der Waals surface area contributed by atoms with Crippen LogP contribution < -0.4 is 14.8 Å². The largest absolute Gasteiger partial charge is 0.492 e. The molecule has 134 valence electrons. The molecule has 0 saturated heterocycles. The first-order valence-electron chi connectivity index (χ1n) is 8.05. The molecule has 0 aliphatic heterocycles. The van der Waals surface area contributed by atoms with Crippen LogP contribution in [0, 0.1) is 0 Å². The fourth-order valence-electron chi connectivity index (χ4n) is 2.29. The molecule has 0 aliphatic carbocycles. The standard InChI is InChI=1S/C19H23ClN2O3/c1-21-17(12-13-24-18-7-5-4-6-16(18)20)14-8-10-15(11-9-14)25-19(23)22(2)3/h4-11,17,21H,12-13H2,1-3H3. The highest BCUT2D eigenvalue weighted by Crippen LogP contribution is 2.25. The molecule has 2 aromatic rings. The van der Waals surface area contributed by atoms with E-state index in [1.54, 1.807) is 32.3 Å². The lowest BCUT2D eigenvalue weighted by molar-refractivity contribution is 0.172. The van der Waals surface area contributed by atoms with Gasteiger partial charge in [-0.15, -0.1) is 0 Å². The van der Waals surface area contributed by atoms with Crippen LogP contribution in [0.5, 0.6) is 11.5 Å². The minimum absolute atomic E-state index is 0.126. The average Bonchev–Trinajstić information content (AvgIpc) is 2.61. The number of benzene rings is 2. The van der Waals surface area contributed by atoms with Crippen LogP contribution in [0.4, 0.5) is 4.79 Å². The Hall–Kier alpha value is -2.24. The molecule has 1 N–H and O–H groups in total. The number of rotatable bonds is 7. The van der Waals surface area contributed by atoms with Gasteiger partial charge in [-0.25, -0.2) is 4.79 Å². The number of para-hydroxylation sites is 1. The molecule has 0 aromatic heterocycles. The second-order valence-corrected chi connectivity index (χ2v) is 6.15. The molecular weight excluding hydrogens is 340 g/mol. The lowest BCUT2D eigenvalue weighted by Crippen LogP contribution is -2.25. The third-order valence-electron chi connectivity index (χ3n) is 3.70. The van der Waals surface area contributed by atoms with Crippen molar-refractivity contribution in [2.45, 2.75) is 12.5 Å². The van der Waals surface area contributed by atoms with Gasteiger partial charge in [-0.1, -0.05) is 35.9 Å². The van der Waals surface area contributed by atoms with Gasteiger partial charge in [0.1, 0.15) is 11.5 Å². The van der Waals surface area contributed by atoms with Gasteiger partial charge < -0.3 is 19.7 Å². The van der Waals surface area contributed by atoms with Crippen LogP contribution in [0.1, 0.15) is 18.0 Å². The van der Waals surface area contributed by atoms with E-state index in [1.165, 1.54) is 4.90 Å². The zero-order chi connectivity index (χ0) is 18.2. The maximum Gasteiger partial charge on any atom is 0.414 e. The minimum Gasteiger partial charge on any atom is -0.492 e. The van der Waals surface area contributed by atoms with E-state index in [0.29, 0.717) is 23.1 Å². The lowest BCUT2D eigenvalue weighted by atomic mass is 10.0. The van der Waals surface area contributed by atoms with E-state index in [0.717, 1.165) is 12.0 Å². The van der Waals surface area contributed by atoms with Gasteiger partial charge in [0.05, 0.1) is 11.6 Å². The predicted octanol–water partition coefficient (Wildman–Crippen LogP) is 4.13. The Morgan fingerprint density at radius 2 is 1.84 bits per heavy atom. The van der Waals surface area contributed by atoms with E-state index in [1.807, 2.05) is 37.4 Å². The summed E-state index contributed by atoms with van der Waals surface area (Å²) in [5.41, 5.74) is 1.09. The Morgan fingerprint density at radius 3 is 2.44 bits per heavy atom. The molecule has 6 heteroatoms. The zero-order valence-electron chi connectivity index (χ0n) is 14.7. The first-order valence-corrected chi connectivity index (χ1v) is 8.42. The Bertz CT molecular complexity index is 689. The zero-order valence-corrected chi connectivity index (χ0v) is 15.4. The van der Waals surface area contributed by atoms with Gasteiger partial charge in [-0.05, 0) is 36.9 Å². The van der Waals surface area contributed by atoms with Crippen molar-refractivity contribution >= 4 is 17.7 Å². The number of ether oxygens (including phenoxy) is 2. The van der Waals surface area contributed by atoms with Crippen molar-refractivity contribution in [1.82, 2.24) is 10.2 Å². The van der Waals surface area contributed by atoms with E-state index in [4.69, 9.17) is 21.1 Å². The first kappa shape index (κ1) is 19.1. The number of hydrogen-bond donors (Lipinski definition) is 1. The van der Waals surface area contributed by atoms with E-state index < -0.39 is 6.09 Å². The summed E-state index contributed by atoms with van der Waals surface area (Å²) in [5.74, 6) is 1.20. The summed E-state index contributed by atoms with van der Waals surface area (Å²) in [7, 11) is 5.19. The van der Waals surface area contributed by atoms with E-state index in [-0.39, 0.29) is 6.04 Å². The van der Waals surface area contributed by atoms with Crippen LogP contribution in [-0.2, 0) is 0 Å². The maximum atomic E-state index is 11.6. The summed E-state index contributed by atoms with van der Waals surface area (Å²) in [5, 5.41) is 3.88. The fourth-order valence-corrected chi connectivity index (χ4v) is 2.48. The summed E-state index contributed by atoms with van der Waals surface area (Å²) in [6, 6.07) is 15.0. The molecule has 0 radical (unpaired) electrons. The van der Waals surface area contributed by atoms with Gasteiger partial charge in [0, 0.05) is 26.6 Å². The van der Waals surface area contributed by atoms with Crippen LogP contribution in [-0.4, -0.2) is 38.7 Å². The molecule has 0 spiro atoms. The van der Waals surface area contributed by atoms with E-state index in [9.17, 15) is 4.79 Å². The number of hydrogen-bond acceptors (Lipinski definition) is 4. The Labute approximate surface area is 153 Å². The van der Waals surface area contributed by atoms with Crippen LogP contribution >= 0.6 is 11.6 Å². The third kappa shape index (κ3) is 5.66. The second kappa shape index (κ2) is 9.30. The normalized spacial score (nSPS) is 11.7. The van der Waals surface area contributed by atoms with Crippen molar-refractivity contribution in [3.63, 3.8) is 0 Å². The monoisotopic (exact) mass is 362 g/mol. The van der Waals surface area contributed by atoms with Crippen molar-refractivity contribution in [2.75, 3.05) is 27.7 Å². The quantitative estimate of drug-likeness (QED) is 0.804. The van der Waals surface area contributed by atoms with Gasteiger partial charge in [0.2, 0.25) is 0 Å². The molecule has 0 bridgehead atoms. The molecule has 1 unspecified atom stereocenters. The second-order valence-electron chi connectivity index (χ2n) is 5.74. The molecule has 0 saturated carbocycles. The number of carbonyl (C=O) groups is 1. The van der Waals surface area contributed by atoms with Crippen molar-refractivity contribution < 1.29 is 14.3 Å². The molecule has 2 aromatic carbocycles. The summed E-state index contributed by atoms with van der Waals surface area (Å²) >= 11 is 6.09. The molecule has 25 heavy (non-hydrogen) atoms. The molecule has 0 aliphatic rings. The van der Waals surface area contributed by atoms with Crippen LogP contribution in [0.25, 0.3) is 0 Å². The number of halogens is 1. The molecule has 5 nitrogen and oxygen atoms in total. The predicted molar refractivity (Wildman–Crippen MR) is 99.5 cm³/mol. The SMILES string of the molecule is CNC(CCOc1ccccc1Cl)c1ccc(OC(=O)N(C)C)cc1. The van der Waals surface area contributed by atoms with Gasteiger partial charge >= 0.3 is 6.09 Å². The molecular formula is C19H23ClN2O3. The third-order valence-corrected chi connectivity index (χ3v) is 4.01. The molecule has 0 fully saturated rings. The van der Waals surface area contributed by atoms with E-state index in [2.05, 4.69) is 5.32 Å². The Kier molecular flexibility index (Phi) is 7.10. The summed E-state index contributed by atoms with van der Waals surface area (Å²) < 4.78 is 11.0. The van der Waals surface area contributed by atoms with Crippen LogP contribution in [0.15, 0.2) is 48.5 Å². The van der Waals surface area contributed by atoms with Crippen molar-refractivity contribution in [3.8, 4) is 11.5 Å². The number of amides is 1. The number of carbonyl (C=O) groups excluding carboxylic acids is 1. The smallest absolute Gasteiger partial charge is 0.414 e. The van der Waals surface area contributed by atoms with Crippen molar-refractivity contribution in [2.24, 2.45) is 0 Å². The number of nitrogens with one attached hydrogen (secondary N) is 1. The maximum absolute atomic E-state index is 11.6. The van der Waals surface area contributed by atoms with Crippen LogP contribution in [0.3, 0.4) is 0 Å². The Morgan fingerprint density at radius 1 is 1.16 bits per heavy atom. The topological polar surface area (TPSA) is 50.8 Å². The molecule has 0 heterocycles. The highest BCUT2D eigenvalue weighted by molar-refractivity contribution is 6.32. The van der Waals surface area contributed by atoms with Gasteiger partial charge in [0.25, 0.3) is 0 Å². The fraction of sp³-hybridized carbons (Fsp3) is 0.316. The van der Waals surface area contributed by atoms with Gasteiger partial charge in [-0.2, -0.15) is 0 Å². The van der Waals surface area contributed by atoms with Gasteiger partial charge in [-0.3, -0.25) is 0 Å². The molecule has 2 rings (SSSR count). The molecule has 1 amide bonds. The summed E-state index contributed by atoms with van der Waals surface area (Å²) in [6.07, 6.45) is 0.379.